The number of benzene rings is 7. The minimum absolute atomic E-state index is 0.0204. The maximum absolute atomic E-state index is 9.44. The van der Waals surface area contributed by atoms with E-state index in [1.165, 1.54) is 0 Å². The third-order valence-electron chi connectivity index (χ3n) is 8.48. The van der Waals surface area contributed by atoms with Crippen molar-refractivity contribution in [2.24, 2.45) is 0 Å². The molecule has 2 aromatic heterocycles. The fourth-order valence-electron chi connectivity index (χ4n) is 5.97. The number of fused-ring (bicyclic) bond motifs is 3. The molecule has 49 heavy (non-hydrogen) atoms. The highest BCUT2D eigenvalue weighted by Crippen LogP contribution is 2.38. The van der Waals surface area contributed by atoms with Gasteiger partial charge in [-0.1, -0.05) is 164 Å². The summed E-state index contributed by atoms with van der Waals surface area (Å²) in [4.78, 5) is 14.3. The molecule has 0 aliphatic rings. The predicted molar refractivity (Wildman–Crippen MR) is 200 cm³/mol. The Morgan fingerprint density at radius 2 is 0.837 bits per heavy atom. The summed E-state index contributed by atoms with van der Waals surface area (Å²) in [6.45, 7) is 0. The van der Waals surface area contributed by atoms with Gasteiger partial charge in [-0.05, 0) is 39.9 Å². The van der Waals surface area contributed by atoms with Gasteiger partial charge in [0.1, 0.15) is 11.2 Å². The zero-order valence-electron chi connectivity index (χ0n) is 32.0. The van der Waals surface area contributed by atoms with E-state index in [0.29, 0.717) is 28.3 Å². The molecule has 0 saturated heterocycles. The van der Waals surface area contributed by atoms with Gasteiger partial charge in [0.15, 0.2) is 17.5 Å². The molecule has 0 atom stereocenters. The fraction of sp³-hybridized carbons (Fsp3) is 0. The van der Waals surface area contributed by atoms with Crippen LogP contribution in [0.15, 0.2) is 180 Å². The van der Waals surface area contributed by atoms with Gasteiger partial charge in [0.05, 0.1) is 8.22 Å². The number of rotatable bonds is 6. The minimum atomic E-state index is -0.341. The first kappa shape index (κ1) is 22.8. The maximum Gasteiger partial charge on any atom is 0.164 e. The van der Waals surface area contributed by atoms with E-state index in [-0.39, 0.29) is 75.1 Å². The number of hydrogen-bond acceptors (Lipinski definition) is 4. The molecule has 0 unspecified atom stereocenters. The Hall–Kier alpha value is -6.65. The lowest BCUT2D eigenvalue weighted by Gasteiger charge is -2.09. The van der Waals surface area contributed by atoms with Gasteiger partial charge in [0.2, 0.25) is 0 Å². The van der Waals surface area contributed by atoms with Crippen LogP contribution in [0.5, 0.6) is 0 Å². The Balaban J connectivity index is 1.24. The first-order valence-corrected chi connectivity index (χ1v) is 15.9. The van der Waals surface area contributed by atoms with Crippen LogP contribution in [0.3, 0.4) is 0 Å². The van der Waals surface area contributed by atoms with Crippen LogP contribution in [0, 0.1) is 0 Å². The standard InChI is InChI=1S/C45H29N3O/c1-4-11-30(12-5-1)32-19-23-34(24-20-32)38-17-10-18-40-39-28-27-37(29-41(39)49-42(38)40)45-47-43(35-15-8-3-9-16-35)46-44(48-45)36-25-21-33(22-26-36)31-13-6-2-7-14-31/h1-29H/i10D,17D,18D,27D,28D,29D. The smallest absolute Gasteiger partial charge is 0.164 e. The predicted octanol–water partition coefficient (Wildman–Crippen LogP) is 11.8. The van der Waals surface area contributed by atoms with E-state index in [2.05, 4.69) is 0 Å². The molecule has 0 aliphatic carbocycles. The lowest BCUT2D eigenvalue weighted by molar-refractivity contribution is 0.670. The molecule has 0 amide bonds. The van der Waals surface area contributed by atoms with E-state index in [1.54, 1.807) is 0 Å². The average molecular weight is 634 g/mol. The van der Waals surface area contributed by atoms with Crippen LogP contribution in [0.4, 0.5) is 0 Å². The lowest BCUT2D eigenvalue weighted by atomic mass is 9.99. The van der Waals surface area contributed by atoms with Crippen LogP contribution in [0.25, 0.3) is 89.5 Å². The van der Waals surface area contributed by atoms with Crippen molar-refractivity contribution in [3.8, 4) is 67.5 Å². The number of nitrogens with zero attached hydrogens (tertiary/aromatic N) is 3. The number of para-hydroxylation sites is 1. The maximum atomic E-state index is 9.44. The van der Waals surface area contributed by atoms with E-state index < -0.39 is 0 Å². The van der Waals surface area contributed by atoms with Crippen molar-refractivity contribution in [2.45, 2.75) is 0 Å². The molecule has 0 bridgehead atoms. The quantitative estimate of drug-likeness (QED) is 0.183. The average Bonchev–Trinajstić information content (AvgIpc) is 3.64. The summed E-state index contributed by atoms with van der Waals surface area (Å²) >= 11 is 0. The SMILES string of the molecule is [2H]c1c([2H])c([2H])c2c(oc3c([2H])c(-c4nc(-c5ccccc5)nc(-c5ccc(-c6ccccc6)cc5)n4)c([2H])c([2H])c32)c1-c1ccc(-c2ccccc2)cc1. The molecule has 230 valence electrons. The lowest BCUT2D eigenvalue weighted by Crippen LogP contribution is -2.00. The van der Waals surface area contributed by atoms with Crippen molar-refractivity contribution in [3.63, 3.8) is 0 Å². The normalized spacial score (nSPS) is 13.0. The third kappa shape index (κ3) is 5.45. The summed E-state index contributed by atoms with van der Waals surface area (Å²) in [5, 5.41) is 0.167. The Labute approximate surface area is 292 Å². The van der Waals surface area contributed by atoms with Crippen molar-refractivity contribution < 1.29 is 12.6 Å². The van der Waals surface area contributed by atoms with Gasteiger partial charge >= 0.3 is 0 Å². The topological polar surface area (TPSA) is 51.8 Å². The van der Waals surface area contributed by atoms with Crippen molar-refractivity contribution in [1.29, 1.82) is 0 Å². The van der Waals surface area contributed by atoms with Crippen LogP contribution in [0.2, 0.25) is 0 Å². The van der Waals surface area contributed by atoms with E-state index in [0.717, 1.165) is 22.3 Å². The molecular weight excluding hydrogens is 599 g/mol. The first-order chi connectivity index (χ1) is 26.8. The molecule has 0 fully saturated rings. The van der Waals surface area contributed by atoms with Crippen LogP contribution < -0.4 is 0 Å². The molecule has 0 aliphatic heterocycles. The molecular formula is C45H29N3O. The molecule has 0 saturated carbocycles. The second-order valence-electron chi connectivity index (χ2n) is 11.6. The highest BCUT2D eigenvalue weighted by atomic mass is 16.3. The summed E-state index contributed by atoms with van der Waals surface area (Å²) in [7, 11) is 0. The molecule has 4 nitrogen and oxygen atoms in total. The second kappa shape index (κ2) is 12.2. The highest BCUT2D eigenvalue weighted by molar-refractivity contribution is 6.10. The van der Waals surface area contributed by atoms with Gasteiger partial charge in [-0.25, -0.2) is 15.0 Å². The second-order valence-corrected chi connectivity index (χ2v) is 11.6. The zero-order valence-corrected chi connectivity index (χ0v) is 26.0. The number of aromatic nitrogens is 3. The van der Waals surface area contributed by atoms with Crippen molar-refractivity contribution in [1.82, 2.24) is 15.0 Å². The third-order valence-corrected chi connectivity index (χ3v) is 8.48. The van der Waals surface area contributed by atoms with E-state index in [1.807, 2.05) is 140 Å². The van der Waals surface area contributed by atoms with Gasteiger partial charge in [0, 0.05) is 33.0 Å². The Morgan fingerprint density at radius 3 is 1.41 bits per heavy atom. The molecule has 7 aromatic carbocycles. The summed E-state index contributed by atoms with van der Waals surface area (Å²) in [6.07, 6.45) is 0. The molecule has 0 spiro atoms. The van der Waals surface area contributed by atoms with E-state index >= 15 is 0 Å². The van der Waals surface area contributed by atoms with E-state index in [9.17, 15) is 4.11 Å². The summed E-state index contributed by atoms with van der Waals surface area (Å²) in [5.74, 6) is 0.674. The van der Waals surface area contributed by atoms with E-state index in [4.69, 9.17) is 23.5 Å². The highest BCUT2D eigenvalue weighted by Gasteiger charge is 2.16. The molecule has 0 radical (unpaired) electrons. The van der Waals surface area contributed by atoms with Crippen molar-refractivity contribution >= 4 is 21.9 Å². The summed E-state index contributed by atoms with van der Waals surface area (Å²) in [5.41, 5.74) is 6.33. The van der Waals surface area contributed by atoms with Crippen LogP contribution in [0.1, 0.15) is 8.22 Å². The van der Waals surface area contributed by atoms with Crippen LogP contribution >= 0.6 is 0 Å². The largest absolute Gasteiger partial charge is 0.455 e. The van der Waals surface area contributed by atoms with Crippen molar-refractivity contribution in [2.75, 3.05) is 0 Å². The summed E-state index contributed by atoms with van der Waals surface area (Å²) < 4.78 is 60.9. The molecule has 9 rings (SSSR count). The number of hydrogen-bond donors (Lipinski definition) is 0. The van der Waals surface area contributed by atoms with Gasteiger partial charge in [-0.15, -0.1) is 0 Å². The van der Waals surface area contributed by atoms with Gasteiger partial charge in [-0.3, -0.25) is 0 Å². The van der Waals surface area contributed by atoms with Gasteiger partial charge in [-0.2, -0.15) is 0 Å². The molecule has 9 aromatic rings. The molecule has 4 heteroatoms. The fourth-order valence-corrected chi connectivity index (χ4v) is 5.97. The Bertz CT molecular complexity index is 2900. The van der Waals surface area contributed by atoms with Gasteiger partial charge in [0.25, 0.3) is 0 Å². The zero-order chi connectivity index (χ0) is 37.8. The van der Waals surface area contributed by atoms with Gasteiger partial charge < -0.3 is 4.42 Å². The van der Waals surface area contributed by atoms with Crippen LogP contribution in [-0.2, 0) is 0 Å². The Morgan fingerprint density at radius 1 is 0.388 bits per heavy atom. The van der Waals surface area contributed by atoms with Crippen molar-refractivity contribution in [3.05, 3.63) is 176 Å². The minimum Gasteiger partial charge on any atom is -0.455 e. The van der Waals surface area contributed by atoms with Crippen LogP contribution in [-0.4, -0.2) is 15.0 Å². The molecule has 0 N–H and O–H groups in total. The summed E-state index contributed by atoms with van der Waals surface area (Å²) in [6, 6.07) is 42.8. The first-order valence-electron chi connectivity index (χ1n) is 18.9. The number of furan rings is 1. The Kier molecular flexibility index (Phi) is 5.67. The monoisotopic (exact) mass is 633 g/mol. The molecule has 2 heterocycles.